The van der Waals surface area contributed by atoms with Crippen molar-refractivity contribution < 1.29 is 5.11 Å². The quantitative estimate of drug-likeness (QED) is 0.837. The minimum Gasteiger partial charge on any atom is -0.391 e. The number of fused-ring (bicyclic) bond motifs is 1. The SMILES string of the molecule is CC(C)C(O)Cn1c2c(ccc1=O)CCC2. The van der Waals surface area contributed by atoms with Gasteiger partial charge in [0.25, 0.3) is 5.56 Å². The molecule has 1 aromatic heterocycles. The van der Waals surface area contributed by atoms with Crippen LogP contribution < -0.4 is 5.56 Å². The largest absolute Gasteiger partial charge is 0.391 e. The van der Waals surface area contributed by atoms with Crippen LogP contribution in [0.2, 0.25) is 0 Å². The molecule has 3 nitrogen and oxygen atoms in total. The van der Waals surface area contributed by atoms with Crippen molar-refractivity contribution in [1.29, 1.82) is 0 Å². The van der Waals surface area contributed by atoms with E-state index in [-0.39, 0.29) is 11.5 Å². The van der Waals surface area contributed by atoms with Crippen molar-refractivity contribution in [3.05, 3.63) is 33.7 Å². The van der Waals surface area contributed by atoms with Crippen molar-refractivity contribution >= 4 is 0 Å². The number of hydrogen-bond acceptors (Lipinski definition) is 2. The number of pyridine rings is 1. The van der Waals surface area contributed by atoms with Crippen LogP contribution in [-0.4, -0.2) is 15.8 Å². The summed E-state index contributed by atoms with van der Waals surface area (Å²) in [6.07, 6.45) is 2.71. The first kappa shape index (κ1) is 11.4. The topological polar surface area (TPSA) is 42.2 Å². The summed E-state index contributed by atoms with van der Waals surface area (Å²) in [5.74, 6) is 0.184. The smallest absolute Gasteiger partial charge is 0.250 e. The summed E-state index contributed by atoms with van der Waals surface area (Å²) in [4.78, 5) is 11.8. The van der Waals surface area contributed by atoms with Crippen molar-refractivity contribution in [1.82, 2.24) is 4.57 Å². The molecule has 1 aliphatic carbocycles. The van der Waals surface area contributed by atoms with Crippen LogP contribution in [0.1, 0.15) is 31.5 Å². The van der Waals surface area contributed by atoms with Gasteiger partial charge in [-0.05, 0) is 30.7 Å². The molecule has 2 rings (SSSR count). The number of rotatable bonds is 3. The third-order valence-corrected chi connectivity index (χ3v) is 3.39. The number of nitrogens with zero attached hydrogens (tertiary/aromatic N) is 1. The lowest BCUT2D eigenvalue weighted by atomic mass is 10.1. The molecule has 16 heavy (non-hydrogen) atoms. The molecule has 0 amide bonds. The summed E-state index contributed by atoms with van der Waals surface area (Å²) in [6.45, 7) is 4.37. The second-order valence-electron chi connectivity index (χ2n) is 4.92. The van der Waals surface area contributed by atoms with Crippen molar-refractivity contribution in [3.8, 4) is 0 Å². The highest BCUT2D eigenvalue weighted by molar-refractivity contribution is 5.25. The normalized spacial score (nSPS) is 16.5. The molecule has 1 aromatic rings. The number of aryl methyl sites for hydroxylation is 1. The highest BCUT2D eigenvalue weighted by Gasteiger charge is 2.18. The Kier molecular flexibility index (Phi) is 3.15. The predicted molar refractivity (Wildman–Crippen MR) is 63.6 cm³/mol. The van der Waals surface area contributed by atoms with Crippen LogP contribution in [0, 0.1) is 5.92 Å². The van der Waals surface area contributed by atoms with Gasteiger partial charge in [0.05, 0.1) is 12.6 Å². The fraction of sp³-hybridized carbons (Fsp3) is 0.615. The Morgan fingerprint density at radius 2 is 2.12 bits per heavy atom. The lowest BCUT2D eigenvalue weighted by Crippen LogP contribution is -2.31. The molecule has 1 unspecified atom stereocenters. The molecule has 1 heterocycles. The first-order chi connectivity index (χ1) is 7.59. The summed E-state index contributed by atoms with van der Waals surface area (Å²) >= 11 is 0. The minimum absolute atomic E-state index is 0.0142. The Balaban J connectivity index is 2.33. The summed E-state index contributed by atoms with van der Waals surface area (Å²) in [7, 11) is 0. The van der Waals surface area contributed by atoms with E-state index in [1.807, 2.05) is 19.9 Å². The zero-order valence-corrected chi connectivity index (χ0v) is 9.94. The average molecular weight is 221 g/mol. The van der Waals surface area contributed by atoms with E-state index in [4.69, 9.17) is 0 Å². The number of hydrogen-bond donors (Lipinski definition) is 1. The molecule has 0 aliphatic heterocycles. The highest BCUT2D eigenvalue weighted by Crippen LogP contribution is 2.20. The van der Waals surface area contributed by atoms with Gasteiger partial charge in [0.15, 0.2) is 0 Å². The molecule has 1 N–H and O–H groups in total. The Bertz CT molecular complexity index is 434. The molecule has 88 valence electrons. The Hall–Kier alpha value is -1.09. The van der Waals surface area contributed by atoms with E-state index in [1.54, 1.807) is 10.6 Å². The van der Waals surface area contributed by atoms with E-state index >= 15 is 0 Å². The highest BCUT2D eigenvalue weighted by atomic mass is 16.3. The average Bonchev–Trinajstić information content (AvgIpc) is 2.70. The first-order valence-corrected chi connectivity index (χ1v) is 5.99. The van der Waals surface area contributed by atoms with Gasteiger partial charge in [0, 0.05) is 11.8 Å². The van der Waals surface area contributed by atoms with Gasteiger partial charge in [0.2, 0.25) is 0 Å². The van der Waals surface area contributed by atoms with Crippen molar-refractivity contribution in [2.75, 3.05) is 0 Å². The number of aliphatic hydroxyl groups excluding tert-OH is 1. The van der Waals surface area contributed by atoms with Gasteiger partial charge in [-0.3, -0.25) is 4.79 Å². The van der Waals surface area contributed by atoms with E-state index in [0.29, 0.717) is 6.54 Å². The fourth-order valence-corrected chi connectivity index (χ4v) is 2.23. The maximum atomic E-state index is 11.8. The Morgan fingerprint density at radius 1 is 1.38 bits per heavy atom. The fourth-order valence-electron chi connectivity index (χ4n) is 2.23. The molecule has 0 saturated carbocycles. The van der Waals surface area contributed by atoms with Crippen molar-refractivity contribution in [3.63, 3.8) is 0 Å². The molecule has 1 atom stereocenters. The zero-order valence-electron chi connectivity index (χ0n) is 9.94. The second kappa shape index (κ2) is 4.42. The van der Waals surface area contributed by atoms with Gasteiger partial charge in [-0.15, -0.1) is 0 Å². The van der Waals surface area contributed by atoms with E-state index in [2.05, 4.69) is 0 Å². The monoisotopic (exact) mass is 221 g/mol. The third kappa shape index (κ3) is 2.05. The number of aromatic nitrogens is 1. The summed E-state index contributed by atoms with van der Waals surface area (Å²) in [6, 6.07) is 3.56. The predicted octanol–water partition coefficient (Wildman–Crippen LogP) is 1.35. The van der Waals surface area contributed by atoms with E-state index < -0.39 is 6.10 Å². The van der Waals surface area contributed by atoms with Crippen LogP contribution in [0.4, 0.5) is 0 Å². The Labute approximate surface area is 95.7 Å². The lowest BCUT2D eigenvalue weighted by Gasteiger charge is -2.18. The van der Waals surface area contributed by atoms with Gasteiger partial charge >= 0.3 is 0 Å². The molecular weight excluding hydrogens is 202 g/mol. The zero-order chi connectivity index (χ0) is 11.7. The van der Waals surface area contributed by atoms with Crippen LogP contribution in [0.5, 0.6) is 0 Å². The maximum Gasteiger partial charge on any atom is 0.250 e. The van der Waals surface area contributed by atoms with Gasteiger partial charge in [0.1, 0.15) is 0 Å². The van der Waals surface area contributed by atoms with Crippen LogP contribution in [0.3, 0.4) is 0 Å². The molecule has 0 saturated heterocycles. The summed E-state index contributed by atoms with van der Waals surface area (Å²) < 4.78 is 1.76. The van der Waals surface area contributed by atoms with Gasteiger partial charge in [-0.2, -0.15) is 0 Å². The van der Waals surface area contributed by atoms with Crippen LogP contribution >= 0.6 is 0 Å². The van der Waals surface area contributed by atoms with Crippen molar-refractivity contribution in [2.24, 2.45) is 5.92 Å². The second-order valence-corrected chi connectivity index (χ2v) is 4.92. The van der Waals surface area contributed by atoms with Gasteiger partial charge in [-0.1, -0.05) is 19.9 Å². The summed E-state index contributed by atoms with van der Waals surface area (Å²) in [5, 5.41) is 9.88. The van der Waals surface area contributed by atoms with E-state index in [1.165, 1.54) is 5.56 Å². The summed E-state index contributed by atoms with van der Waals surface area (Å²) in [5.41, 5.74) is 2.42. The lowest BCUT2D eigenvalue weighted by molar-refractivity contribution is 0.105. The Morgan fingerprint density at radius 3 is 2.81 bits per heavy atom. The molecule has 0 aromatic carbocycles. The van der Waals surface area contributed by atoms with Crippen LogP contribution in [0.25, 0.3) is 0 Å². The number of aliphatic hydroxyl groups is 1. The maximum absolute atomic E-state index is 11.8. The van der Waals surface area contributed by atoms with Crippen LogP contribution in [-0.2, 0) is 19.4 Å². The van der Waals surface area contributed by atoms with E-state index in [9.17, 15) is 9.90 Å². The van der Waals surface area contributed by atoms with Gasteiger partial charge < -0.3 is 9.67 Å². The standard InChI is InChI=1S/C13H19NO2/c1-9(2)12(15)8-14-11-5-3-4-10(11)6-7-13(14)16/h6-7,9,12,15H,3-5,8H2,1-2H3. The molecule has 0 radical (unpaired) electrons. The van der Waals surface area contributed by atoms with Crippen molar-refractivity contribution in [2.45, 2.75) is 45.8 Å². The van der Waals surface area contributed by atoms with E-state index in [0.717, 1.165) is 25.0 Å². The molecule has 0 fully saturated rings. The molecule has 0 spiro atoms. The van der Waals surface area contributed by atoms with Gasteiger partial charge in [-0.25, -0.2) is 0 Å². The van der Waals surface area contributed by atoms with Crippen LogP contribution in [0.15, 0.2) is 16.9 Å². The molecule has 1 aliphatic rings. The minimum atomic E-state index is -0.440. The molecule has 0 bridgehead atoms. The molecule has 3 heteroatoms. The first-order valence-electron chi connectivity index (χ1n) is 5.99. The molecular formula is C13H19NO2. The third-order valence-electron chi connectivity index (χ3n) is 3.39.